The number of anilines is 1. The topological polar surface area (TPSA) is 49.0 Å². The van der Waals surface area contributed by atoms with Gasteiger partial charge in [-0.3, -0.25) is 4.79 Å². The van der Waals surface area contributed by atoms with Crippen LogP contribution in [0.2, 0.25) is 0 Å². The third kappa shape index (κ3) is 3.38. The van der Waals surface area contributed by atoms with Crippen LogP contribution < -0.4 is 10.5 Å². The predicted octanol–water partition coefficient (Wildman–Crippen LogP) is 3.45. The van der Waals surface area contributed by atoms with Crippen LogP contribution in [0.3, 0.4) is 0 Å². The van der Waals surface area contributed by atoms with Crippen LogP contribution >= 0.6 is 0 Å². The van der Waals surface area contributed by atoms with Crippen molar-refractivity contribution in [2.24, 2.45) is 0 Å². The summed E-state index contributed by atoms with van der Waals surface area (Å²) in [7, 11) is 0. The summed E-state index contributed by atoms with van der Waals surface area (Å²) in [5.74, 6) is 0. The molecule has 0 aliphatic carbocycles. The normalized spacial score (nSPS) is 15.7. The van der Waals surface area contributed by atoms with Crippen molar-refractivity contribution in [3.05, 3.63) is 46.2 Å². The first-order valence-corrected chi connectivity index (χ1v) is 7.47. The van der Waals surface area contributed by atoms with Gasteiger partial charge in [0.25, 0.3) is 5.56 Å². The van der Waals surface area contributed by atoms with Crippen molar-refractivity contribution >= 4 is 5.69 Å². The van der Waals surface area contributed by atoms with Crippen LogP contribution in [-0.2, 0) is 6.18 Å². The van der Waals surface area contributed by atoms with Crippen molar-refractivity contribution in [1.29, 1.82) is 0 Å². The zero-order valence-corrected chi connectivity index (χ0v) is 12.4. The first kappa shape index (κ1) is 15.6. The van der Waals surface area contributed by atoms with Crippen LogP contribution in [0, 0.1) is 0 Å². The van der Waals surface area contributed by atoms with Gasteiger partial charge in [0.2, 0.25) is 0 Å². The number of aromatic amines is 1. The van der Waals surface area contributed by atoms with E-state index in [1.165, 1.54) is 18.2 Å². The van der Waals surface area contributed by atoms with E-state index in [1.54, 1.807) is 11.0 Å². The molecule has 0 spiro atoms. The Labute approximate surface area is 130 Å². The number of aromatic nitrogens is 2. The van der Waals surface area contributed by atoms with Gasteiger partial charge >= 0.3 is 6.18 Å². The minimum absolute atomic E-state index is 0.213. The summed E-state index contributed by atoms with van der Waals surface area (Å²) in [5.41, 5.74) is -0.209. The monoisotopic (exact) mass is 323 g/mol. The Bertz CT molecular complexity index is 728. The van der Waals surface area contributed by atoms with Crippen LogP contribution in [0.15, 0.2) is 35.1 Å². The third-order valence-electron chi connectivity index (χ3n) is 3.97. The minimum Gasteiger partial charge on any atom is -0.371 e. The molecule has 0 atom stereocenters. The third-order valence-corrected chi connectivity index (χ3v) is 3.97. The van der Waals surface area contributed by atoms with Gasteiger partial charge in [-0.15, -0.1) is 0 Å². The largest absolute Gasteiger partial charge is 0.418 e. The molecular weight excluding hydrogens is 307 g/mol. The zero-order chi connectivity index (χ0) is 16.4. The smallest absolute Gasteiger partial charge is 0.371 e. The van der Waals surface area contributed by atoms with E-state index in [-0.39, 0.29) is 5.69 Å². The fourth-order valence-electron chi connectivity index (χ4n) is 2.84. The number of rotatable bonds is 2. The fraction of sp³-hybridized carbons (Fsp3) is 0.375. The Morgan fingerprint density at radius 1 is 1.04 bits per heavy atom. The van der Waals surface area contributed by atoms with Crippen LogP contribution in [0.25, 0.3) is 11.3 Å². The number of halogens is 3. The SMILES string of the molecule is O=c1ccc(-c2ccc(N3CCCCC3)c(C(F)(F)F)c2)n[nH]1. The summed E-state index contributed by atoms with van der Waals surface area (Å²) in [6.45, 7) is 1.28. The standard InChI is InChI=1S/C16H16F3N3O/c17-16(18,19)12-10-11(13-5-7-15(23)21-20-13)4-6-14(12)22-8-2-1-3-9-22/h4-7,10H,1-3,8-9H2,(H,21,23). The maximum Gasteiger partial charge on any atom is 0.418 e. The molecule has 2 aromatic rings. The lowest BCUT2D eigenvalue weighted by atomic mass is 10.0. The van der Waals surface area contributed by atoms with Crippen molar-refractivity contribution < 1.29 is 13.2 Å². The molecule has 2 heterocycles. The fourth-order valence-corrected chi connectivity index (χ4v) is 2.84. The van der Waals surface area contributed by atoms with Gasteiger partial charge in [0, 0.05) is 30.4 Å². The lowest BCUT2D eigenvalue weighted by molar-refractivity contribution is -0.137. The van der Waals surface area contributed by atoms with Gasteiger partial charge in [-0.05, 0) is 37.5 Å². The predicted molar refractivity (Wildman–Crippen MR) is 81.4 cm³/mol. The number of H-pyrrole nitrogens is 1. The lowest BCUT2D eigenvalue weighted by Crippen LogP contribution is -2.31. The molecule has 1 aliphatic rings. The van der Waals surface area contributed by atoms with Crippen molar-refractivity contribution in [1.82, 2.24) is 10.2 Å². The highest BCUT2D eigenvalue weighted by molar-refractivity contribution is 5.67. The van der Waals surface area contributed by atoms with E-state index in [0.717, 1.165) is 25.3 Å². The Hall–Kier alpha value is -2.31. The zero-order valence-electron chi connectivity index (χ0n) is 12.4. The maximum atomic E-state index is 13.5. The van der Waals surface area contributed by atoms with E-state index in [0.29, 0.717) is 24.3 Å². The molecule has 3 rings (SSSR count). The van der Waals surface area contributed by atoms with Crippen LogP contribution in [0.5, 0.6) is 0 Å². The Kier molecular flexibility index (Phi) is 4.11. The summed E-state index contributed by atoms with van der Waals surface area (Å²) < 4.78 is 40.4. The Balaban J connectivity index is 2.04. The van der Waals surface area contributed by atoms with Gasteiger partial charge in [-0.25, -0.2) is 5.10 Å². The van der Waals surface area contributed by atoms with Crippen molar-refractivity contribution in [2.75, 3.05) is 18.0 Å². The van der Waals surface area contributed by atoms with Gasteiger partial charge in [0.15, 0.2) is 0 Å². The number of hydrogen-bond donors (Lipinski definition) is 1. The van der Waals surface area contributed by atoms with Crippen molar-refractivity contribution in [2.45, 2.75) is 25.4 Å². The number of benzene rings is 1. The van der Waals surface area contributed by atoms with Crippen LogP contribution in [0.1, 0.15) is 24.8 Å². The number of hydrogen-bond acceptors (Lipinski definition) is 3. The molecule has 1 fully saturated rings. The summed E-state index contributed by atoms with van der Waals surface area (Å²) in [6.07, 6.45) is -1.58. The van der Waals surface area contributed by atoms with Crippen molar-refractivity contribution in [3.8, 4) is 11.3 Å². The first-order valence-electron chi connectivity index (χ1n) is 7.47. The second-order valence-electron chi connectivity index (χ2n) is 5.58. The first-order chi connectivity index (χ1) is 10.9. The van der Waals surface area contributed by atoms with E-state index in [1.807, 2.05) is 0 Å². The lowest BCUT2D eigenvalue weighted by Gasteiger charge is -2.31. The molecule has 122 valence electrons. The second kappa shape index (κ2) is 6.06. The average molecular weight is 323 g/mol. The Morgan fingerprint density at radius 3 is 2.39 bits per heavy atom. The molecule has 23 heavy (non-hydrogen) atoms. The number of piperidine rings is 1. The van der Waals surface area contributed by atoms with Crippen molar-refractivity contribution in [3.63, 3.8) is 0 Å². The summed E-state index contributed by atoms with van der Waals surface area (Å²) in [5, 5.41) is 6.03. The van der Waals surface area contributed by atoms with E-state index >= 15 is 0 Å². The molecule has 1 aromatic heterocycles. The molecular formula is C16H16F3N3O. The van der Waals surface area contributed by atoms with E-state index in [4.69, 9.17) is 0 Å². The molecule has 0 bridgehead atoms. The van der Waals surface area contributed by atoms with Gasteiger partial charge in [-0.1, -0.05) is 6.07 Å². The molecule has 1 aliphatic heterocycles. The molecule has 0 amide bonds. The molecule has 4 nitrogen and oxygen atoms in total. The number of alkyl halides is 3. The Morgan fingerprint density at radius 2 is 1.78 bits per heavy atom. The molecule has 7 heteroatoms. The summed E-state index contributed by atoms with van der Waals surface area (Å²) in [6, 6.07) is 6.86. The second-order valence-corrected chi connectivity index (χ2v) is 5.58. The highest BCUT2D eigenvalue weighted by atomic mass is 19.4. The minimum atomic E-state index is -4.44. The van der Waals surface area contributed by atoms with Gasteiger partial charge in [0.05, 0.1) is 11.3 Å². The van der Waals surface area contributed by atoms with Gasteiger partial charge < -0.3 is 4.90 Å². The molecule has 1 aromatic carbocycles. The van der Waals surface area contributed by atoms with E-state index in [9.17, 15) is 18.0 Å². The van der Waals surface area contributed by atoms with E-state index < -0.39 is 17.3 Å². The number of nitrogens with zero attached hydrogens (tertiary/aromatic N) is 2. The molecule has 1 N–H and O–H groups in total. The van der Waals surface area contributed by atoms with Crippen LogP contribution in [-0.4, -0.2) is 23.3 Å². The number of nitrogens with one attached hydrogen (secondary N) is 1. The van der Waals surface area contributed by atoms with Crippen LogP contribution in [0.4, 0.5) is 18.9 Å². The maximum absolute atomic E-state index is 13.5. The molecule has 0 saturated carbocycles. The van der Waals surface area contributed by atoms with Gasteiger partial charge in [-0.2, -0.15) is 18.3 Å². The summed E-state index contributed by atoms with van der Waals surface area (Å²) >= 11 is 0. The highest BCUT2D eigenvalue weighted by Gasteiger charge is 2.35. The molecule has 1 saturated heterocycles. The average Bonchev–Trinajstić information content (AvgIpc) is 2.55. The molecule has 0 unspecified atom stereocenters. The molecule has 0 radical (unpaired) electrons. The summed E-state index contributed by atoms with van der Waals surface area (Å²) in [4.78, 5) is 12.8. The van der Waals surface area contributed by atoms with E-state index in [2.05, 4.69) is 10.2 Å². The van der Waals surface area contributed by atoms with Gasteiger partial charge in [0.1, 0.15) is 0 Å². The highest BCUT2D eigenvalue weighted by Crippen LogP contribution is 2.39. The quantitative estimate of drug-likeness (QED) is 0.921.